The van der Waals surface area contributed by atoms with Gasteiger partial charge < -0.3 is 15.2 Å². The number of aliphatic hydroxyl groups is 1. The fraction of sp³-hybridized carbons (Fsp3) is 0.900. The highest BCUT2D eigenvalue weighted by molar-refractivity contribution is 5.67. The quantitative estimate of drug-likeness (QED) is 0.810. The molecular weight excluding hydrogens is 239 g/mol. The molecule has 0 aliphatic carbocycles. The number of carbonyl (C=O) groups excluding carboxylic acids is 1. The number of alkyl carbamates (subject to hydrolysis) is 1. The van der Waals surface area contributed by atoms with Crippen molar-refractivity contribution in [2.24, 2.45) is 5.41 Å². The minimum Gasteiger partial charge on any atom is -0.440 e. The van der Waals surface area contributed by atoms with E-state index in [4.69, 9.17) is 5.11 Å². The van der Waals surface area contributed by atoms with Gasteiger partial charge >= 0.3 is 12.3 Å². The van der Waals surface area contributed by atoms with Gasteiger partial charge in [-0.15, -0.1) is 0 Å². The largest absolute Gasteiger partial charge is 0.440 e. The lowest BCUT2D eigenvalue weighted by Gasteiger charge is -2.30. The number of amides is 1. The van der Waals surface area contributed by atoms with Crippen LogP contribution in [0, 0.1) is 5.41 Å². The molecule has 7 heteroatoms. The van der Waals surface area contributed by atoms with E-state index in [0.717, 1.165) is 0 Å². The predicted octanol–water partition coefficient (Wildman–Crippen LogP) is 2.07. The van der Waals surface area contributed by atoms with Gasteiger partial charge in [0, 0.05) is 12.6 Å². The van der Waals surface area contributed by atoms with Gasteiger partial charge in [-0.25, -0.2) is 4.79 Å². The van der Waals surface area contributed by atoms with Crippen molar-refractivity contribution in [2.45, 2.75) is 39.4 Å². The van der Waals surface area contributed by atoms with Crippen LogP contribution >= 0.6 is 0 Å². The average molecular weight is 257 g/mol. The first-order valence-electron chi connectivity index (χ1n) is 5.17. The molecule has 0 aromatic heterocycles. The summed E-state index contributed by atoms with van der Waals surface area (Å²) in [6.07, 6.45) is -5.41. The number of aliphatic hydroxyl groups excluding tert-OH is 1. The van der Waals surface area contributed by atoms with Crippen LogP contribution in [0.25, 0.3) is 0 Å². The van der Waals surface area contributed by atoms with Gasteiger partial charge in [-0.3, -0.25) is 0 Å². The fourth-order valence-corrected chi connectivity index (χ4v) is 1.18. The molecule has 1 atom stereocenters. The Morgan fingerprint density at radius 3 is 2.24 bits per heavy atom. The van der Waals surface area contributed by atoms with Crippen LogP contribution in [0.1, 0.15) is 27.2 Å². The highest BCUT2D eigenvalue weighted by Gasteiger charge is 2.31. The van der Waals surface area contributed by atoms with E-state index in [-0.39, 0.29) is 18.4 Å². The fourth-order valence-electron chi connectivity index (χ4n) is 1.18. The highest BCUT2D eigenvalue weighted by Crippen LogP contribution is 2.22. The number of halogens is 3. The van der Waals surface area contributed by atoms with Crippen LogP contribution < -0.4 is 5.32 Å². The summed E-state index contributed by atoms with van der Waals surface area (Å²) in [6, 6.07) is -0.451. The summed E-state index contributed by atoms with van der Waals surface area (Å²) in [4.78, 5) is 11.1. The van der Waals surface area contributed by atoms with Crippen LogP contribution in [0.15, 0.2) is 0 Å². The Bertz CT molecular complexity index is 248. The molecule has 0 bridgehead atoms. The van der Waals surface area contributed by atoms with E-state index in [0.29, 0.717) is 0 Å². The number of rotatable bonds is 4. The second-order valence-electron chi connectivity index (χ2n) is 4.77. The van der Waals surface area contributed by atoms with Gasteiger partial charge in [0.05, 0.1) is 0 Å². The first-order valence-corrected chi connectivity index (χ1v) is 5.17. The van der Waals surface area contributed by atoms with Gasteiger partial charge in [-0.2, -0.15) is 13.2 Å². The van der Waals surface area contributed by atoms with Crippen molar-refractivity contribution in [2.75, 3.05) is 13.2 Å². The zero-order valence-corrected chi connectivity index (χ0v) is 10.1. The number of nitrogens with one attached hydrogen (secondary N) is 1. The molecule has 4 nitrogen and oxygen atoms in total. The second-order valence-corrected chi connectivity index (χ2v) is 4.77. The molecule has 0 aromatic carbocycles. The van der Waals surface area contributed by atoms with Crippen molar-refractivity contribution in [1.82, 2.24) is 5.32 Å². The summed E-state index contributed by atoms with van der Waals surface area (Å²) >= 11 is 0. The Balaban J connectivity index is 4.23. The first kappa shape index (κ1) is 16.0. The van der Waals surface area contributed by atoms with Crippen LogP contribution in [0.3, 0.4) is 0 Å². The molecule has 1 amide bonds. The number of hydrogen-bond acceptors (Lipinski definition) is 3. The Morgan fingerprint density at radius 1 is 1.35 bits per heavy atom. The minimum atomic E-state index is -4.54. The van der Waals surface area contributed by atoms with Crippen LogP contribution in [0.5, 0.6) is 0 Å². The highest BCUT2D eigenvalue weighted by atomic mass is 19.4. The number of ether oxygens (including phenoxy) is 1. The third kappa shape index (κ3) is 7.84. The monoisotopic (exact) mass is 257 g/mol. The minimum absolute atomic E-state index is 0.165. The molecule has 2 N–H and O–H groups in total. The maximum Gasteiger partial charge on any atom is 0.422 e. The van der Waals surface area contributed by atoms with Crippen LogP contribution in [-0.4, -0.2) is 36.6 Å². The third-order valence-electron chi connectivity index (χ3n) is 2.12. The second kappa shape index (κ2) is 6.09. The first-order chi connectivity index (χ1) is 7.56. The molecule has 0 spiro atoms. The smallest absolute Gasteiger partial charge is 0.422 e. The van der Waals surface area contributed by atoms with Crippen molar-refractivity contribution in [3.05, 3.63) is 0 Å². The van der Waals surface area contributed by atoms with Crippen molar-refractivity contribution in [1.29, 1.82) is 0 Å². The zero-order valence-electron chi connectivity index (χ0n) is 10.1. The van der Waals surface area contributed by atoms with E-state index in [2.05, 4.69) is 10.1 Å². The lowest BCUT2D eigenvalue weighted by molar-refractivity contribution is -0.160. The Morgan fingerprint density at radius 2 is 1.88 bits per heavy atom. The molecule has 102 valence electrons. The molecule has 17 heavy (non-hydrogen) atoms. The Labute approximate surface area is 98.1 Å². The molecular formula is C10H18F3NO3. The van der Waals surface area contributed by atoms with Gasteiger partial charge in [0.1, 0.15) is 0 Å². The van der Waals surface area contributed by atoms with Gasteiger partial charge in [0.25, 0.3) is 0 Å². The Hall–Kier alpha value is -0.980. The number of alkyl halides is 3. The molecule has 0 saturated carbocycles. The Kier molecular flexibility index (Phi) is 5.74. The predicted molar refractivity (Wildman–Crippen MR) is 55.5 cm³/mol. The standard InChI is InChI=1S/C10H18F3NO3/c1-9(2,3)7(4-5-15)14-8(16)17-6-10(11,12)13/h7,15H,4-6H2,1-3H3,(H,14,16). The SMILES string of the molecule is CC(C)(C)C(CCO)NC(=O)OCC(F)(F)F. The van der Waals surface area contributed by atoms with Gasteiger partial charge in [0.2, 0.25) is 0 Å². The molecule has 1 unspecified atom stereocenters. The topological polar surface area (TPSA) is 58.6 Å². The van der Waals surface area contributed by atoms with Crippen molar-refractivity contribution >= 4 is 6.09 Å². The van der Waals surface area contributed by atoms with Crippen molar-refractivity contribution in [3.63, 3.8) is 0 Å². The summed E-state index contributed by atoms with van der Waals surface area (Å²) in [5.74, 6) is 0. The lowest BCUT2D eigenvalue weighted by atomic mass is 9.85. The van der Waals surface area contributed by atoms with E-state index < -0.39 is 24.9 Å². The molecule has 0 fully saturated rings. The molecule has 0 saturated heterocycles. The van der Waals surface area contributed by atoms with Crippen LogP contribution in [-0.2, 0) is 4.74 Å². The van der Waals surface area contributed by atoms with Gasteiger partial charge in [-0.05, 0) is 11.8 Å². The summed E-state index contributed by atoms with van der Waals surface area (Å²) in [5.41, 5.74) is -0.375. The van der Waals surface area contributed by atoms with E-state index in [1.54, 1.807) is 20.8 Å². The number of hydrogen-bond donors (Lipinski definition) is 2. The molecule has 0 heterocycles. The summed E-state index contributed by atoms with van der Waals surface area (Å²) in [7, 11) is 0. The number of carbonyl (C=O) groups is 1. The zero-order chi connectivity index (χ0) is 13.7. The third-order valence-corrected chi connectivity index (χ3v) is 2.12. The molecule has 0 radical (unpaired) electrons. The summed E-state index contributed by atoms with van der Waals surface area (Å²) < 4.78 is 39.4. The van der Waals surface area contributed by atoms with E-state index in [1.807, 2.05) is 0 Å². The van der Waals surface area contributed by atoms with Gasteiger partial charge in [0.15, 0.2) is 6.61 Å². The average Bonchev–Trinajstić information content (AvgIpc) is 2.11. The lowest BCUT2D eigenvalue weighted by Crippen LogP contribution is -2.45. The van der Waals surface area contributed by atoms with E-state index >= 15 is 0 Å². The van der Waals surface area contributed by atoms with E-state index in [9.17, 15) is 18.0 Å². The van der Waals surface area contributed by atoms with Crippen molar-refractivity contribution in [3.8, 4) is 0 Å². The summed E-state index contributed by atoms with van der Waals surface area (Å²) in [6.45, 7) is 3.63. The molecule has 0 aliphatic rings. The van der Waals surface area contributed by atoms with E-state index in [1.165, 1.54) is 0 Å². The van der Waals surface area contributed by atoms with Crippen LogP contribution in [0.2, 0.25) is 0 Å². The van der Waals surface area contributed by atoms with Crippen molar-refractivity contribution < 1.29 is 27.8 Å². The summed E-state index contributed by atoms with van der Waals surface area (Å²) in [5, 5.41) is 11.1. The van der Waals surface area contributed by atoms with Gasteiger partial charge in [-0.1, -0.05) is 20.8 Å². The molecule has 0 aliphatic heterocycles. The van der Waals surface area contributed by atoms with Crippen LogP contribution in [0.4, 0.5) is 18.0 Å². The molecule has 0 aromatic rings. The molecule has 0 rings (SSSR count). The maximum absolute atomic E-state index is 11.8. The maximum atomic E-state index is 11.8. The normalized spacial score (nSPS) is 14.3.